The molecule has 0 fully saturated rings. The predicted molar refractivity (Wildman–Crippen MR) is 97.6 cm³/mol. The number of fused-ring (bicyclic) bond motifs is 1. The van der Waals surface area contributed by atoms with Gasteiger partial charge in [0.2, 0.25) is 0 Å². The Bertz CT molecular complexity index is 958. The van der Waals surface area contributed by atoms with Crippen molar-refractivity contribution in [1.29, 1.82) is 0 Å². The number of rotatable bonds is 3. The lowest BCUT2D eigenvalue weighted by Crippen LogP contribution is -2.32. The molecule has 2 aromatic carbocycles. The van der Waals surface area contributed by atoms with Gasteiger partial charge < -0.3 is 0 Å². The van der Waals surface area contributed by atoms with Crippen molar-refractivity contribution in [3.63, 3.8) is 0 Å². The van der Waals surface area contributed by atoms with E-state index in [9.17, 15) is 9.59 Å². The van der Waals surface area contributed by atoms with Crippen LogP contribution in [-0.4, -0.2) is 21.7 Å². The fourth-order valence-corrected chi connectivity index (χ4v) is 4.10. The Hall–Kier alpha value is -2.79. The molecule has 2 heterocycles. The van der Waals surface area contributed by atoms with Crippen molar-refractivity contribution in [2.75, 3.05) is 0 Å². The van der Waals surface area contributed by atoms with E-state index in [0.29, 0.717) is 11.1 Å². The van der Waals surface area contributed by atoms with Crippen LogP contribution < -0.4 is 0 Å². The van der Waals surface area contributed by atoms with E-state index in [4.69, 9.17) is 0 Å². The molecule has 0 N–H and O–H groups in total. The lowest BCUT2D eigenvalue weighted by Gasteiger charge is -2.20. The Morgan fingerprint density at radius 3 is 2.08 bits per heavy atom. The van der Waals surface area contributed by atoms with E-state index in [0.717, 1.165) is 21.8 Å². The highest BCUT2D eigenvalue weighted by Gasteiger charge is 2.39. The normalized spacial score (nSPS) is 14.7. The van der Waals surface area contributed by atoms with E-state index < -0.39 is 6.04 Å². The van der Waals surface area contributed by atoms with Gasteiger partial charge in [-0.2, -0.15) is 0 Å². The van der Waals surface area contributed by atoms with Crippen LogP contribution in [0.1, 0.15) is 44.9 Å². The van der Waals surface area contributed by atoms with Gasteiger partial charge in [0.25, 0.3) is 11.8 Å². The highest BCUT2D eigenvalue weighted by Crippen LogP contribution is 2.34. The first-order chi connectivity index (χ1) is 12.1. The van der Waals surface area contributed by atoms with Crippen LogP contribution in [0.4, 0.5) is 0 Å². The Labute approximate surface area is 149 Å². The zero-order valence-electron chi connectivity index (χ0n) is 13.9. The van der Waals surface area contributed by atoms with E-state index in [1.54, 1.807) is 24.3 Å². The average Bonchev–Trinajstić information content (AvgIpc) is 3.20. The first-order valence-corrected chi connectivity index (χ1v) is 8.94. The van der Waals surface area contributed by atoms with Gasteiger partial charge in [-0.15, -0.1) is 11.3 Å². The summed E-state index contributed by atoms with van der Waals surface area (Å²) in [6.45, 7) is 3.89. The molecule has 1 atom stereocenters. The van der Waals surface area contributed by atoms with Gasteiger partial charge >= 0.3 is 0 Å². The van der Waals surface area contributed by atoms with Crippen LogP contribution in [0.3, 0.4) is 0 Å². The monoisotopic (exact) mass is 348 g/mol. The highest BCUT2D eigenvalue weighted by molar-refractivity contribution is 7.13. The standard InChI is InChI=1S/C20H16N2O2S/c1-12-7-3-4-8-14(12)18-21-17(11-25-18)13(2)22-19(23)15-9-5-6-10-16(15)20(22)24/h3-11,13H,1-2H3/t13-/m0/s1. The van der Waals surface area contributed by atoms with Crippen molar-refractivity contribution in [2.45, 2.75) is 19.9 Å². The van der Waals surface area contributed by atoms with Gasteiger partial charge in [-0.25, -0.2) is 4.98 Å². The van der Waals surface area contributed by atoms with Crippen molar-refractivity contribution in [2.24, 2.45) is 0 Å². The van der Waals surface area contributed by atoms with E-state index in [-0.39, 0.29) is 11.8 Å². The fraction of sp³-hybridized carbons (Fsp3) is 0.150. The largest absolute Gasteiger partial charge is 0.269 e. The number of aromatic nitrogens is 1. The van der Waals surface area contributed by atoms with Crippen molar-refractivity contribution >= 4 is 23.2 Å². The van der Waals surface area contributed by atoms with Crippen LogP contribution in [0.15, 0.2) is 53.9 Å². The summed E-state index contributed by atoms with van der Waals surface area (Å²) >= 11 is 1.53. The molecule has 0 saturated carbocycles. The number of hydrogen-bond donors (Lipinski definition) is 0. The van der Waals surface area contributed by atoms with Gasteiger partial charge in [0.05, 0.1) is 22.9 Å². The van der Waals surface area contributed by atoms with E-state index in [2.05, 4.69) is 4.98 Å². The summed E-state index contributed by atoms with van der Waals surface area (Å²) in [5, 5.41) is 2.83. The molecular formula is C20H16N2O2S. The second kappa shape index (κ2) is 5.93. The second-order valence-corrected chi connectivity index (χ2v) is 6.95. The highest BCUT2D eigenvalue weighted by atomic mass is 32.1. The van der Waals surface area contributed by atoms with Gasteiger partial charge in [-0.3, -0.25) is 14.5 Å². The number of aryl methyl sites for hydroxylation is 1. The zero-order chi connectivity index (χ0) is 17.6. The molecule has 1 aromatic heterocycles. The van der Waals surface area contributed by atoms with Gasteiger partial charge in [0.1, 0.15) is 5.01 Å². The van der Waals surface area contributed by atoms with Crippen LogP contribution in [-0.2, 0) is 0 Å². The maximum Gasteiger partial charge on any atom is 0.262 e. The minimum absolute atomic E-state index is 0.251. The molecule has 4 nitrogen and oxygen atoms in total. The molecule has 0 aliphatic carbocycles. The number of thiazole rings is 1. The summed E-state index contributed by atoms with van der Waals surface area (Å²) in [6.07, 6.45) is 0. The number of carbonyl (C=O) groups excluding carboxylic acids is 2. The molecule has 25 heavy (non-hydrogen) atoms. The smallest absolute Gasteiger partial charge is 0.262 e. The zero-order valence-corrected chi connectivity index (χ0v) is 14.7. The second-order valence-electron chi connectivity index (χ2n) is 6.09. The molecule has 4 rings (SSSR count). The molecule has 2 amide bonds. The van der Waals surface area contributed by atoms with Crippen LogP contribution in [0.2, 0.25) is 0 Å². The van der Waals surface area contributed by atoms with Gasteiger partial charge in [-0.05, 0) is 31.5 Å². The number of imide groups is 1. The Morgan fingerprint density at radius 1 is 0.920 bits per heavy atom. The number of hydrogen-bond acceptors (Lipinski definition) is 4. The number of carbonyl (C=O) groups is 2. The van der Waals surface area contributed by atoms with E-state index in [1.165, 1.54) is 16.2 Å². The SMILES string of the molecule is Cc1ccccc1-c1nc([C@H](C)N2C(=O)c3ccccc3C2=O)cs1. The van der Waals surface area contributed by atoms with Crippen molar-refractivity contribution < 1.29 is 9.59 Å². The number of benzene rings is 2. The van der Waals surface area contributed by atoms with Crippen molar-refractivity contribution in [3.05, 3.63) is 76.3 Å². The third-order valence-electron chi connectivity index (χ3n) is 4.54. The minimum Gasteiger partial charge on any atom is -0.269 e. The molecule has 0 radical (unpaired) electrons. The summed E-state index contributed by atoms with van der Waals surface area (Å²) in [7, 11) is 0. The fourth-order valence-electron chi connectivity index (χ4n) is 3.11. The van der Waals surface area contributed by atoms with Crippen LogP contribution in [0.5, 0.6) is 0 Å². The van der Waals surface area contributed by atoms with E-state index in [1.807, 2.05) is 43.5 Å². The van der Waals surface area contributed by atoms with E-state index >= 15 is 0 Å². The molecular weight excluding hydrogens is 332 g/mol. The summed E-state index contributed by atoms with van der Waals surface area (Å²) in [6, 6.07) is 14.6. The topological polar surface area (TPSA) is 50.3 Å². The summed E-state index contributed by atoms with van der Waals surface area (Å²) in [4.78, 5) is 31.3. The molecule has 124 valence electrons. The first-order valence-electron chi connectivity index (χ1n) is 8.06. The van der Waals surface area contributed by atoms with Gasteiger partial charge in [0, 0.05) is 10.9 Å². The molecule has 0 spiro atoms. The third-order valence-corrected chi connectivity index (χ3v) is 5.43. The molecule has 0 unspecified atom stereocenters. The van der Waals surface area contributed by atoms with Crippen molar-refractivity contribution in [3.8, 4) is 10.6 Å². The Morgan fingerprint density at radius 2 is 1.48 bits per heavy atom. The molecule has 3 aromatic rings. The Kier molecular flexibility index (Phi) is 3.73. The third kappa shape index (κ3) is 2.48. The lowest BCUT2D eigenvalue weighted by atomic mass is 10.1. The van der Waals surface area contributed by atoms with Gasteiger partial charge in [-0.1, -0.05) is 36.4 Å². The molecule has 1 aliphatic rings. The maximum absolute atomic E-state index is 12.6. The Balaban J connectivity index is 1.67. The first kappa shape index (κ1) is 15.7. The summed E-state index contributed by atoms with van der Waals surface area (Å²) < 4.78 is 0. The molecule has 1 aliphatic heterocycles. The molecule has 0 saturated heterocycles. The maximum atomic E-state index is 12.6. The molecule has 5 heteroatoms. The van der Waals surface area contributed by atoms with Crippen LogP contribution in [0.25, 0.3) is 10.6 Å². The summed E-state index contributed by atoms with van der Waals surface area (Å²) in [5.74, 6) is -0.503. The van der Waals surface area contributed by atoms with Gasteiger partial charge in [0.15, 0.2) is 0 Å². The number of nitrogens with zero attached hydrogens (tertiary/aromatic N) is 2. The lowest BCUT2D eigenvalue weighted by molar-refractivity contribution is 0.0592. The van der Waals surface area contributed by atoms with Crippen LogP contribution in [0, 0.1) is 6.92 Å². The quantitative estimate of drug-likeness (QED) is 0.656. The van der Waals surface area contributed by atoms with Crippen molar-refractivity contribution in [1.82, 2.24) is 9.88 Å². The average molecular weight is 348 g/mol. The molecule has 0 bridgehead atoms. The predicted octanol–water partition coefficient (Wildman–Crippen LogP) is 4.48. The minimum atomic E-state index is -0.401. The van der Waals surface area contributed by atoms with Crippen LogP contribution >= 0.6 is 11.3 Å². The summed E-state index contributed by atoms with van der Waals surface area (Å²) in [5.41, 5.74) is 3.89. The number of amides is 2.